The van der Waals surface area contributed by atoms with E-state index in [4.69, 9.17) is 5.11 Å². The Balaban J connectivity index is 0.000000221. The van der Waals surface area contributed by atoms with E-state index in [2.05, 4.69) is 16.7 Å². The van der Waals surface area contributed by atoms with Gasteiger partial charge in [0.15, 0.2) is 6.20 Å². The molecule has 1 aromatic heterocycles. The number of carbonyl (C=O) groups excluding carboxylic acids is 1. The summed E-state index contributed by atoms with van der Waals surface area (Å²) in [4.78, 5) is 10.1. The molecule has 150 valence electrons. The van der Waals surface area contributed by atoms with Crippen LogP contribution in [0, 0.1) is 6.92 Å². The molecular formula is C22H21NO5S. The highest BCUT2D eigenvalue weighted by Gasteiger charge is 2.05. The molecule has 1 heterocycles. The SMILES string of the molecule is C[n+]1ccccc1C=Cc1ccc(C=O)cc1.Cc1ccc(O)cc1S(=O)(=O)[O-]. The molecule has 6 nitrogen and oxygen atoms in total. The van der Waals surface area contributed by atoms with Gasteiger partial charge in [0.25, 0.3) is 0 Å². The number of aryl methyl sites for hydroxylation is 2. The minimum Gasteiger partial charge on any atom is -0.744 e. The summed E-state index contributed by atoms with van der Waals surface area (Å²) in [6.45, 7) is 1.49. The lowest BCUT2D eigenvalue weighted by atomic mass is 10.1. The Hall–Kier alpha value is -3.29. The van der Waals surface area contributed by atoms with Crippen molar-refractivity contribution in [2.24, 2.45) is 7.05 Å². The quantitative estimate of drug-likeness (QED) is 0.404. The molecule has 3 rings (SSSR count). The van der Waals surface area contributed by atoms with Gasteiger partial charge in [-0.2, -0.15) is 0 Å². The van der Waals surface area contributed by atoms with Crippen molar-refractivity contribution >= 4 is 28.6 Å². The Morgan fingerprint density at radius 2 is 1.62 bits per heavy atom. The normalized spacial score (nSPS) is 11.0. The Bertz CT molecular complexity index is 1120. The van der Waals surface area contributed by atoms with Gasteiger partial charge in [-0.3, -0.25) is 4.79 Å². The number of aromatic hydroxyl groups is 1. The van der Waals surface area contributed by atoms with Crippen LogP contribution < -0.4 is 4.57 Å². The highest BCUT2D eigenvalue weighted by atomic mass is 32.2. The number of nitrogens with zero attached hydrogens (tertiary/aromatic N) is 1. The molecule has 3 aromatic rings. The Morgan fingerprint density at radius 1 is 0.966 bits per heavy atom. The molecule has 0 amide bonds. The molecule has 0 atom stereocenters. The average Bonchev–Trinajstić information content (AvgIpc) is 2.69. The lowest BCUT2D eigenvalue weighted by Crippen LogP contribution is -2.30. The lowest BCUT2D eigenvalue weighted by Gasteiger charge is -2.09. The average molecular weight is 411 g/mol. The van der Waals surface area contributed by atoms with Crippen molar-refractivity contribution in [2.45, 2.75) is 11.8 Å². The van der Waals surface area contributed by atoms with Gasteiger partial charge in [-0.15, -0.1) is 0 Å². The maximum absolute atomic E-state index is 10.5. The van der Waals surface area contributed by atoms with Crippen molar-refractivity contribution in [1.82, 2.24) is 0 Å². The van der Waals surface area contributed by atoms with Gasteiger partial charge in [-0.1, -0.05) is 30.3 Å². The molecule has 0 radical (unpaired) electrons. The van der Waals surface area contributed by atoms with Crippen LogP contribution in [0.1, 0.15) is 27.2 Å². The van der Waals surface area contributed by atoms with Crippen molar-refractivity contribution in [1.29, 1.82) is 0 Å². The van der Waals surface area contributed by atoms with Crippen LogP contribution in [0.25, 0.3) is 12.2 Å². The first-order valence-corrected chi connectivity index (χ1v) is 10.0. The number of phenolic OH excluding ortho intramolecular Hbond substituents is 1. The van der Waals surface area contributed by atoms with Crippen molar-refractivity contribution < 1.29 is 27.4 Å². The number of carbonyl (C=O) groups is 1. The summed E-state index contributed by atoms with van der Waals surface area (Å²) >= 11 is 0. The lowest BCUT2D eigenvalue weighted by molar-refractivity contribution is -0.673. The zero-order valence-corrected chi connectivity index (χ0v) is 16.8. The third-order valence-electron chi connectivity index (χ3n) is 4.06. The standard InChI is InChI=1S/C15H14NO.C7H8O4S/c1-16-11-3-2-4-15(16)10-9-13-5-7-14(12-17)8-6-13;1-5-2-3-6(8)4-7(5)12(9,10)11/h2-12H,1H3;2-4,8H,1H3,(H,9,10,11)/q+1;/p-1. The van der Waals surface area contributed by atoms with E-state index < -0.39 is 10.1 Å². The molecule has 0 saturated carbocycles. The van der Waals surface area contributed by atoms with Gasteiger partial charge in [-0.05, 0) is 42.3 Å². The van der Waals surface area contributed by atoms with E-state index in [9.17, 15) is 17.8 Å². The predicted octanol–water partition coefficient (Wildman–Crippen LogP) is 3.10. The van der Waals surface area contributed by atoms with Crippen LogP contribution in [0.15, 0.2) is 71.8 Å². The highest BCUT2D eigenvalue weighted by molar-refractivity contribution is 7.85. The molecule has 7 heteroatoms. The number of pyridine rings is 1. The fourth-order valence-corrected chi connectivity index (χ4v) is 3.16. The molecule has 0 bridgehead atoms. The van der Waals surface area contributed by atoms with Gasteiger partial charge >= 0.3 is 0 Å². The third kappa shape index (κ3) is 6.67. The van der Waals surface area contributed by atoms with Crippen LogP contribution in [0.4, 0.5) is 0 Å². The third-order valence-corrected chi connectivity index (χ3v) is 5.03. The molecule has 0 fully saturated rings. The summed E-state index contributed by atoms with van der Waals surface area (Å²) in [6, 6.07) is 17.2. The largest absolute Gasteiger partial charge is 0.744 e. The summed E-state index contributed by atoms with van der Waals surface area (Å²) < 4.78 is 33.7. The molecule has 0 spiro atoms. The molecular weight excluding hydrogens is 390 g/mol. The number of hydrogen-bond acceptors (Lipinski definition) is 5. The van der Waals surface area contributed by atoms with E-state index >= 15 is 0 Å². The Kier molecular flexibility index (Phi) is 7.41. The summed E-state index contributed by atoms with van der Waals surface area (Å²) in [5.41, 5.74) is 3.25. The van der Waals surface area contributed by atoms with Crippen LogP contribution in [0.3, 0.4) is 0 Å². The second-order valence-electron chi connectivity index (χ2n) is 6.26. The summed E-state index contributed by atoms with van der Waals surface area (Å²) in [5.74, 6) is -0.227. The monoisotopic (exact) mass is 411 g/mol. The molecule has 0 aliphatic carbocycles. The van der Waals surface area contributed by atoms with E-state index in [0.717, 1.165) is 23.6 Å². The first-order valence-electron chi connectivity index (χ1n) is 8.64. The fourth-order valence-electron chi connectivity index (χ4n) is 2.44. The minimum atomic E-state index is -4.47. The summed E-state index contributed by atoms with van der Waals surface area (Å²) in [7, 11) is -2.46. The summed E-state index contributed by atoms with van der Waals surface area (Å²) in [5, 5.41) is 8.90. The zero-order chi connectivity index (χ0) is 21.4. The number of aromatic nitrogens is 1. The van der Waals surface area contributed by atoms with Crippen LogP contribution in [-0.4, -0.2) is 24.4 Å². The number of phenols is 1. The van der Waals surface area contributed by atoms with Gasteiger partial charge in [0.05, 0.1) is 4.90 Å². The minimum absolute atomic E-state index is 0.227. The molecule has 0 aliphatic rings. The smallest absolute Gasteiger partial charge is 0.204 e. The van der Waals surface area contributed by atoms with Crippen LogP contribution >= 0.6 is 0 Å². The topological polar surface area (TPSA) is 98.4 Å². The molecule has 0 unspecified atom stereocenters. The van der Waals surface area contributed by atoms with Crippen molar-refractivity contribution in [3.63, 3.8) is 0 Å². The molecule has 1 N–H and O–H groups in total. The number of aldehydes is 1. The maximum atomic E-state index is 10.5. The molecule has 2 aromatic carbocycles. The van der Waals surface area contributed by atoms with Crippen LogP contribution in [0.5, 0.6) is 5.75 Å². The van der Waals surface area contributed by atoms with Crippen LogP contribution in [-0.2, 0) is 17.2 Å². The predicted molar refractivity (Wildman–Crippen MR) is 109 cm³/mol. The summed E-state index contributed by atoms with van der Waals surface area (Å²) in [6.07, 6.45) is 6.94. The Morgan fingerprint density at radius 3 is 2.17 bits per heavy atom. The van der Waals surface area contributed by atoms with E-state index in [1.807, 2.05) is 55.7 Å². The molecule has 0 aliphatic heterocycles. The molecule has 29 heavy (non-hydrogen) atoms. The zero-order valence-electron chi connectivity index (χ0n) is 16.0. The van der Waals surface area contributed by atoms with Crippen molar-refractivity contribution in [2.75, 3.05) is 0 Å². The van der Waals surface area contributed by atoms with E-state index in [1.54, 1.807) is 0 Å². The highest BCUT2D eigenvalue weighted by Crippen LogP contribution is 2.19. The maximum Gasteiger partial charge on any atom is 0.204 e. The molecule has 0 saturated heterocycles. The first kappa shape index (κ1) is 22.0. The number of hydrogen-bond donors (Lipinski definition) is 1. The van der Waals surface area contributed by atoms with Gasteiger partial charge < -0.3 is 9.66 Å². The van der Waals surface area contributed by atoms with Crippen molar-refractivity contribution in [3.05, 3.63) is 89.2 Å². The van der Waals surface area contributed by atoms with Gasteiger partial charge in [0.1, 0.15) is 29.2 Å². The fraction of sp³-hybridized carbons (Fsp3) is 0.0909. The second-order valence-corrected chi connectivity index (χ2v) is 7.61. The van der Waals surface area contributed by atoms with Crippen LogP contribution in [0.2, 0.25) is 0 Å². The van der Waals surface area contributed by atoms with Gasteiger partial charge in [-0.25, -0.2) is 13.0 Å². The van der Waals surface area contributed by atoms with Gasteiger partial charge in [0, 0.05) is 23.8 Å². The van der Waals surface area contributed by atoms with Gasteiger partial charge in [0.2, 0.25) is 5.69 Å². The van der Waals surface area contributed by atoms with E-state index in [-0.39, 0.29) is 10.6 Å². The van der Waals surface area contributed by atoms with Crippen molar-refractivity contribution in [3.8, 4) is 5.75 Å². The number of rotatable bonds is 4. The van der Waals surface area contributed by atoms with E-state index in [0.29, 0.717) is 11.1 Å². The van der Waals surface area contributed by atoms with E-state index in [1.165, 1.54) is 19.1 Å². The first-order chi connectivity index (χ1) is 13.7. The number of benzene rings is 2. The Labute approximate surface area is 170 Å². The second kappa shape index (κ2) is 9.77.